The van der Waals surface area contributed by atoms with E-state index in [-0.39, 0.29) is 0 Å². The molecule has 15 aromatic rings. The van der Waals surface area contributed by atoms with Crippen molar-refractivity contribution in [3.05, 3.63) is 315 Å². The van der Waals surface area contributed by atoms with Crippen LogP contribution in [-0.4, -0.2) is 19.1 Å². The molecule has 0 atom stereocenters. The highest BCUT2D eigenvalue weighted by Gasteiger charge is 2.22. The fraction of sp³-hybridized carbons (Fsp3) is 0. The topological polar surface area (TPSA) is 42.1 Å². The number of hydrogen-bond donors (Lipinski definition) is 0. The number of hydrogen-bond acceptors (Lipinski definition) is 4. The molecular formula is C76H52N6. The molecule has 0 aliphatic carbocycles. The Hall–Kier alpha value is -11.1. The van der Waals surface area contributed by atoms with Gasteiger partial charge in [-0.1, -0.05) is 194 Å². The number of anilines is 6. The van der Waals surface area contributed by atoms with E-state index >= 15 is 0 Å². The third kappa shape index (κ3) is 8.72. The van der Waals surface area contributed by atoms with Crippen molar-refractivity contribution in [1.82, 2.24) is 19.1 Å². The summed E-state index contributed by atoms with van der Waals surface area (Å²) in [5.74, 6) is 0.586. The van der Waals surface area contributed by atoms with Crippen molar-refractivity contribution in [2.75, 3.05) is 9.80 Å². The third-order valence-electron chi connectivity index (χ3n) is 15.7. The fourth-order valence-electron chi connectivity index (χ4n) is 11.9. The van der Waals surface area contributed by atoms with Crippen LogP contribution < -0.4 is 9.80 Å². The first-order valence-electron chi connectivity index (χ1n) is 27.8. The summed E-state index contributed by atoms with van der Waals surface area (Å²) in [4.78, 5) is 15.8. The van der Waals surface area contributed by atoms with Gasteiger partial charge in [0, 0.05) is 72.5 Å². The Kier molecular flexibility index (Phi) is 12.1. The van der Waals surface area contributed by atoms with Gasteiger partial charge in [-0.3, -0.25) is 4.57 Å². The molecule has 386 valence electrons. The van der Waals surface area contributed by atoms with Gasteiger partial charge >= 0.3 is 0 Å². The van der Waals surface area contributed by atoms with Crippen molar-refractivity contribution < 1.29 is 0 Å². The van der Waals surface area contributed by atoms with E-state index < -0.39 is 0 Å². The molecule has 82 heavy (non-hydrogen) atoms. The number of para-hydroxylation sites is 6. The minimum atomic E-state index is 0.586. The highest BCUT2D eigenvalue weighted by Crippen LogP contribution is 2.43. The molecule has 0 aliphatic rings. The molecule has 6 nitrogen and oxygen atoms in total. The van der Waals surface area contributed by atoms with Gasteiger partial charge in [-0.05, 0) is 144 Å². The Morgan fingerprint density at radius 1 is 0.220 bits per heavy atom. The van der Waals surface area contributed by atoms with E-state index in [1.54, 1.807) is 0 Å². The minimum absolute atomic E-state index is 0.586. The van der Waals surface area contributed by atoms with Gasteiger partial charge in [-0.15, -0.1) is 0 Å². The van der Waals surface area contributed by atoms with Gasteiger partial charge in [-0.2, -0.15) is 0 Å². The predicted molar refractivity (Wildman–Crippen MR) is 342 cm³/mol. The molecule has 0 aliphatic heterocycles. The summed E-state index contributed by atoms with van der Waals surface area (Å²) in [5.41, 5.74) is 20.0. The lowest BCUT2D eigenvalue weighted by Gasteiger charge is -2.25. The van der Waals surface area contributed by atoms with Crippen molar-refractivity contribution in [1.29, 1.82) is 0 Å². The lowest BCUT2D eigenvalue weighted by molar-refractivity contribution is 0.995. The van der Waals surface area contributed by atoms with E-state index in [9.17, 15) is 0 Å². The first-order chi connectivity index (χ1) is 40.7. The summed E-state index contributed by atoms with van der Waals surface area (Å²) < 4.78 is 4.63. The van der Waals surface area contributed by atoms with Crippen molar-refractivity contribution in [3.8, 4) is 56.4 Å². The number of aromatic nitrogens is 4. The molecule has 0 radical (unpaired) electrons. The summed E-state index contributed by atoms with van der Waals surface area (Å²) in [7, 11) is 0. The molecule has 12 aromatic carbocycles. The Morgan fingerprint density at radius 2 is 0.585 bits per heavy atom. The van der Waals surface area contributed by atoms with Gasteiger partial charge in [0.1, 0.15) is 0 Å². The van der Waals surface area contributed by atoms with Crippen molar-refractivity contribution in [2.45, 2.75) is 0 Å². The second-order valence-corrected chi connectivity index (χ2v) is 20.6. The number of rotatable bonds is 12. The van der Waals surface area contributed by atoms with Crippen LogP contribution in [0.3, 0.4) is 0 Å². The Labute approximate surface area is 476 Å². The third-order valence-corrected chi connectivity index (χ3v) is 15.7. The Bertz CT molecular complexity index is 4710. The van der Waals surface area contributed by atoms with Gasteiger partial charge in [0.15, 0.2) is 0 Å². The number of fused-ring (bicyclic) bond motifs is 6. The molecule has 0 fully saturated rings. The van der Waals surface area contributed by atoms with Gasteiger partial charge < -0.3 is 14.4 Å². The van der Waals surface area contributed by atoms with Crippen LogP contribution in [0.1, 0.15) is 0 Å². The largest absolute Gasteiger partial charge is 0.310 e. The maximum Gasteiger partial charge on any atom is 0.235 e. The van der Waals surface area contributed by atoms with Crippen molar-refractivity contribution in [3.63, 3.8) is 0 Å². The summed E-state index contributed by atoms with van der Waals surface area (Å²) >= 11 is 0. The summed E-state index contributed by atoms with van der Waals surface area (Å²) in [5, 5.41) is 4.57. The zero-order chi connectivity index (χ0) is 54.3. The molecule has 0 N–H and O–H groups in total. The second kappa shape index (κ2) is 20.6. The minimum Gasteiger partial charge on any atom is -0.310 e. The molecular weight excluding hydrogens is 997 g/mol. The Balaban J connectivity index is 0.896. The van der Waals surface area contributed by atoms with Crippen LogP contribution in [0.4, 0.5) is 34.1 Å². The molecule has 0 unspecified atom stereocenters. The monoisotopic (exact) mass is 1050 g/mol. The highest BCUT2D eigenvalue weighted by molar-refractivity contribution is 6.12. The van der Waals surface area contributed by atoms with E-state index in [0.29, 0.717) is 5.95 Å². The van der Waals surface area contributed by atoms with Crippen molar-refractivity contribution >= 4 is 77.7 Å². The Morgan fingerprint density at radius 3 is 1.10 bits per heavy atom. The summed E-state index contributed by atoms with van der Waals surface area (Å²) in [6.07, 6.45) is 0. The molecule has 15 rings (SSSR count). The van der Waals surface area contributed by atoms with E-state index in [1.165, 1.54) is 21.9 Å². The maximum absolute atomic E-state index is 5.61. The zero-order valence-electron chi connectivity index (χ0n) is 44.7. The number of nitrogens with zero attached hydrogens (tertiary/aromatic N) is 6. The highest BCUT2D eigenvalue weighted by atomic mass is 15.2. The maximum atomic E-state index is 5.61. The first kappa shape index (κ1) is 48.1. The summed E-state index contributed by atoms with van der Waals surface area (Å²) in [6, 6.07) is 112. The predicted octanol–water partition coefficient (Wildman–Crippen LogP) is 20.3. The van der Waals surface area contributed by atoms with Gasteiger partial charge in [0.05, 0.1) is 33.5 Å². The van der Waals surface area contributed by atoms with Crippen LogP contribution >= 0.6 is 0 Å². The van der Waals surface area contributed by atoms with Gasteiger partial charge in [0.25, 0.3) is 0 Å². The first-order valence-corrected chi connectivity index (χ1v) is 27.8. The van der Waals surface area contributed by atoms with E-state index in [2.05, 4.69) is 334 Å². The van der Waals surface area contributed by atoms with Gasteiger partial charge in [0.2, 0.25) is 5.95 Å². The SMILES string of the molecule is c1ccc(-c2ccc(-c3cccc(-c4cc(-c5cccc(-n6c7ccccc7c7cc(N(c8ccccc8)c8ccccc8)ccc76)c5)nc(-n5c6ccccc6c6cc(N(c7ccccc7)c7ccccc7)ccc65)n4)c3)cc2)cc1. The lowest BCUT2D eigenvalue weighted by Crippen LogP contribution is -2.09. The molecule has 0 saturated carbocycles. The van der Waals surface area contributed by atoms with Crippen molar-refractivity contribution in [2.24, 2.45) is 0 Å². The van der Waals surface area contributed by atoms with E-state index in [4.69, 9.17) is 9.97 Å². The lowest BCUT2D eigenvalue weighted by atomic mass is 9.98. The molecule has 6 heteroatoms. The van der Waals surface area contributed by atoms with E-state index in [1.807, 2.05) is 0 Å². The van der Waals surface area contributed by atoms with Crippen LogP contribution in [0.15, 0.2) is 315 Å². The number of benzene rings is 12. The normalized spacial score (nSPS) is 11.4. The van der Waals surface area contributed by atoms with Crippen LogP contribution in [0.5, 0.6) is 0 Å². The smallest absolute Gasteiger partial charge is 0.235 e. The summed E-state index contributed by atoms with van der Waals surface area (Å²) in [6.45, 7) is 0. The molecule has 0 saturated heterocycles. The molecule has 3 heterocycles. The standard InChI is InChI=1S/C76H52N6/c1-6-22-53(23-7-1)54-40-42-55(43-41-54)56-24-20-25-57(48-56)70-52-71(78-76(77-70)82-73-39-19-17-37-67(73)69-51-65(45-47-75(69)82)80(61-31-12-4-13-32-61)62-33-14-5-15-34-62)58-26-21-35-63(49-58)81-72-38-18-16-36-66(72)68-50-64(44-46-74(68)81)79(59-27-8-2-9-28-59)60-29-10-3-11-30-60/h1-52H. The quantitative estimate of drug-likeness (QED) is 0.122. The molecule has 3 aromatic heterocycles. The zero-order valence-corrected chi connectivity index (χ0v) is 44.7. The van der Waals surface area contributed by atoms with E-state index in [0.717, 1.165) is 106 Å². The van der Waals surface area contributed by atoms with Crippen LogP contribution in [0, 0.1) is 0 Å². The molecule has 0 spiro atoms. The molecule has 0 amide bonds. The van der Waals surface area contributed by atoms with Crippen LogP contribution in [0.2, 0.25) is 0 Å². The van der Waals surface area contributed by atoms with Gasteiger partial charge in [-0.25, -0.2) is 9.97 Å². The van der Waals surface area contributed by atoms with Crippen LogP contribution in [-0.2, 0) is 0 Å². The average molecular weight is 1050 g/mol. The molecule has 0 bridgehead atoms. The average Bonchev–Trinajstić information content (AvgIpc) is 4.14. The van der Waals surface area contributed by atoms with Crippen LogP contribution in [0.25, 0.3) is 100 Å². The fourth-order valence-corrected chi connectivity index (χ4v) is 11.9. The second-order valence-electron chi connectivity index (χ2n) is 20.6.